The van der Waals surface area contributed by atoms with Crippen LogP contribution in [0.4, 0.5) is 0 Å². The van der Waals surface area contributed by atoms with E-state index in [4.69, 9.17) is 4.74 Å². The first kappa shape index (κ1) is 9.04. The molecular weight excluding hydrogens is 162 g/mol. The van der Waals surface area contributed by atoms with Crippen molar-refractivity contribution in [1.29, 1.82) is 0 Å². The van der Waals surface area contributed by atoms with Crippen LogP contribution in [0.25, 0.3) is 0 Å². The highest BCUT2D eigenvalue weighted by atomic mass is 16.5. The summed E-state index contributed by atoms with van der Waals surface area (Å²) >= 11 is 0. The van der Waals surface area contributed by atoms with Crippen LogP contribution in [0.15, 0.2) is 4.99 Å². The molecule has 1 heterocycles. The van der Waals surface area contributed by atoms with Gasteiger partial charge in [-0.3, -0.25) is 0 Å². The van der Waals surface area contributed by atoms with E-state index in [-0.39, 0.29) is 5.41 Å². The highest BCUT2D eigenvalue weighted by molar-refractivity contribution is 5.83. The average molecular weight is 181 g/mol. The SMILES string of the molecule is CC(C)(C)C1=N[C@H]2CCCC[C@H]2O1. The Morgan fingerprint density at radius 3 is 2.54 bits per heavy atom. The number of hydrogen-bond donors (Lipinski definition) is 0. The molecule has 2 aliphatic rings. The zero-order valence-electron chi connectivity index (χ0n) is 8.84. The van der Waals surface area contributed by atoms with Gasteiger partial charge in [-0.05, 0) is 19.3 Å². The van der Waals surface area contributed by atoms with Crippen LogP contribution < -0.4 is 0 Å². The number of nitrogens with zero attached hydrogens (tertiary/aromatic N) is 1. The molecule has 0 N–H and O–H groups in total. The summed E-state index contributed by atoms with van der Waals surface area (Å²) in [5, 5.41) is 0. The molecule has 0 aromatic carbocycles. The van der Waals surface area contributed by atoms with Crippen LogP contribution in [-0.4, -0.2) is 18.0 Å². The van der Waals surface area contributed by atoms with Crippen LogP contribution >= 0.6 is 0 Å². The fourth-order valence-electron chi connectivity index (χ4n) is 2.06. The summed E-state index contributed by atoms with van der Waals surface area (Å²) in [6.07, 6.45) is 5.47. The van der Waals surface area contributed by atoms with Gasteiger partial charge in [-0.1, -0.05) is 27.2 Å². The summed E-state index contributed by atoms with van der Waals surface area (Å²) in [6, 6.07) is 0.475. The van der Waals surface area contributed by atoms with Gasteiger partial charge in [0.1, 0.15) is 6.10 Å². The van der Waals surface area contributed by atoms with E-state index in [0.717, 1.165) is 5.90 Å². The third-order valence-corrected chi connectivity index (χ3v) is 2.86. The van der Waals surface area contributed by atoms with Crippen LogP contribution in [-0.2, 0) is 4.74 Å². The van der Waals surface area contributed by atoms with Crippen molar-refractivity contribution in [3.63, 3.8) is 0 Å². The first-order valence-corrected chi connectivity index (χ1v) is 5.32. The maximum atomic E-state index is 5.88. The summed E-state index contributed by atoms with van der Waals surface area (Å²) < 4.78 is 5.88. The maximum Gasteiger partial charge on any atom is 0.189 e. The Labute approximate surface area is 80.4 Å². The molecule has 0 aromatic rings. The van der Waals surface area contributed by atoms with Crippen molar-refractivity contribution >= 4 is 5.90 Å². The van der Waals surface area contributed by atoms with Crippen molar-refractivity contribution in [3.05, 3.63) is 0 Å². The van der Waals surface area contributed by atoms with Crippen molar-refractivity contribution in [1.82, 2.24) is 0 Å². The van der Waals surface area contributed by atoms with Gasteiger partial charge in [0.05, 0.1) is 6.04 Å². The van der Waals surface area contributed by atoms with Crippen LogP contribution in [0, 0.1) is 5.41 Å². The van der Waals surface area contributed by atoms with Gasteiger partial charge in [-0.25, -0.2) is 4.99 Å². The summed E-state index contributed by atoms with van der Waals surface area (Å²) in [5.41, 5.74) is 0.0946. The first-order valence-electron chi connectivity index (χ1n) is 5.32. The van der Waals surface area contributed by atoms with E-state index in [1.54, 1.807) is 0 Å². The molecular formula is C11H19NO. The van der Waals surface area contributed by atoms with E-state index in [9.17, 15) is 0 Å². The van der Waals surface area contributed by atoms with Gasteiger partial charge in [0.25, 0.3) is 0 Å². The van der Waals surface area contributed by atoms with E-state index < -0.39 is 0 Å². The predicted molar refractivity (Wildman–Crippen MR) is 54.0 cm³/mol. The Balaban J connectivity index is 2.09. The van der Waals surface area contributed by atoms with Crippen molar-refractivity contribution in [2.75, 3.05) is 0 Å². The standard InChI is InChI=1S/C11H19NO/c1-11(2,3)10-12-8-6-4-5-7-9(8)13-10/h8-9H,4-7H2,1-3H3/t8-,9+/m0/s1. The molecule has 2 atom stereocenters. The first-order chi connectivity index (χ1) is 6.07. The van der Waals surface area contributed by atoms with Gasteiger partial charge >= 0.3 is 0 Å². The van der Waals surface area contributed by atoms with Crippen LogP contribution in [0.3, 0.4) is 0 Å². The van der Waals surface area contributed by atoms with E-state index >= 15 is 0 Å². The van der Waals surface area contributed by atoms with Crippen LogP contribution in [0.2, 0.25) is 0 Å². The Morgan fingerprint density at radius 1 is 1.23 bits per heavy atom. The second-order valence-corrected chi connectivity index (χ2v) is 5.19. The molecule has 0 spiro atoms. The number of hydrogen-bond acceptors (Lipinski definition) is 2. The van der Waals surface area contributed by atoms with E-state index in [1.165, 1.54) is 25.7 Å². The quantitative estimate of drug-likeness (QED) is 0.563. The lowest BCUT2D eigenvalue weighted by Gasteiger charge is -2.23. The monoisotopic (exact) mass is 181 g/mol. The van der Waals surface area contributed by atoms with Gasteiger partial charge in [0, 0.05) is 5.41 Å². The molecule has 1 fully saturated rings. The highest BCUT2D eigenvalue weighted by Crippen LogP contribution is 2.33. The fraction of sp³-hybridized carbons (Fsp3) is 0.909. The van der Waals surface area contributed by atoms with Gasteiger partial charge in [-0.15, -0.1) is 0 Å². The molecule has 0 radical (unpaired) electrons. The molecule has 0 amide bonds. The highest BCUT2D eigenvalue weighted by Gasteiger charge is 2.37. The number of ether oxygens (including phenoxy) is 1. The molecule has 1 aliphatic carbocycles. The van der Waals surface area contributed by atoms with Crippen molar-refractivity contribution in [3.8, 4) is 0 Å². The van der Waals surface area contributed by atoms with Crippen LogP contribution in [0.5, 0.6) is 0 Å². The third kappa shape index (κ3) is 1.72. The number of aliphatic imine (C=N–C) groups is 1. The zero-order valence-corrected chi connectivity index (χ0v) is 8.84. The van der Waals surface area contributed by atoms with Crippen molar-refractivity contribution in [2.45, 2.75) is 58.6 Å². The minimum atomic E-state index is 0.0946. The summed E-state index contributed by atoms with van der Waals surface area (Å²) in [6.45, 7) is 6.51. The Morgan fingerprint density at radius 2 is 1.92 bits per heavy atom. The lowest BCUT2D eigenvalue weighted by Crippen LogP contribution is -2.28. The maximum absolute atomic E-state index is 5.88. The largest absolute Gasteiger partial charge is 0.475 e. The van der Waals surface area contributed by atoms with Gasteiger partial charge in [-0.2, -0.15) is 0 Å². The number of fused-ring (bicyclic) bond motifs is 1. The predicted octanol–water partition coefficient (Wildman–Crippen LogP) is 2.77. The molecule has 1 aliphatic heterocycles. The molecule has 0 unspecified atom stereocenters. The Kier molecular flexibility index (Phi) is 2.09. The van der Waals surface area contributed by atoms with E-state index in [1.807, 2.05) is 0 Å². The topological polar surface area (TPSA) is 21.6 Å². The summed E-state index contributed by atoms with van der Waals surface area (Å²) in [7, 11) is 0. The number of rotatable bonds is 0. The molecule has 0 bridgehead atoms. The molecule has 2 heteroatoms. The van der Waals surface area contributed by atoms with Crippen LogP contribution in [0.1, 0.15) is 46.5 Å². The Hall–Kier alpha value is -0.530. The molecule has 2 rings (SSSR count). The normalized spacial score (nSPS) is 33.6. The lowest BCUT2D eigenvalue weighted by atomic mass is 9.94. The molecule has 1 saturated carbocycles. The molecule has 74 valence electrons. The van der Waals surface area contributed by atoms with Crippen molar-refractivity contribution in [2.24, 2.45) is 10.4 Å². The minimum Gasteiger partial charge on any atom is -0.475 e. The second kappa shape index (κ2) is 3.00. The Bertz CT molecular complexity index is 227. The van der Waals surface area contributed by atoms with Gasteiger partial charge in [0.2, 0.25) is 0 Å². The molecule has 2 nitrogen and oxygen atoms in total. The smallest absolute Gasteiger partial charge is 0.189 e. The molecule has 0 aromatic heterocycles. The average Bonchev–Trinajstić information content (AvgIpc) is 2.45. The molecule has 13 heavy (non-hydrogen) atoms. The summed E-state index contributed by atoms with van der Waals surface area (Å²) in [4.78, 5) is 4.68. The second-order valence-electron chi connectivity index (χ2n) is 5.19. The third-order valence-electron chi connectivity index (χ3n) is 2.86. The zero-order chi connectivity index (χ0) is 9.47. The fourth-order valence-corrected chi connectivity index (χ4v) is 2.06. The van der Waals surface area contributed by atoms with Gasteiger partial charge < -0.3 is 4.74 Å². The van der Waals surface area contributed by atoms with Gasteiger partial charge in [0.15, 0.2) is 5.90 Å². The van der Waals surface area contributed by atoms with Crippen molar-refractivity contribution < 1.29 is 4.74 Å². The molecule has 0 saturated heterocycles. The summed E-state index contributed by atoms with van der Waals surface area (Å²) in [5.74, 6) is 0.976. The van der Waals surface area contributed by atoms with E-state index in [0.29, 0.717) is 12.1 Å². The van der Waals surface area contributed by atoms with E-state index in [2.05, 4.69) is 25.8 Å². The lowest BCUT2D eigenvalue weighted by molar-refractivity contribution is 0.139. The minimum absolute atomic E-state index is 0.0946.